The fraction of sp³-hybridized carbons (Fsp3) is 0.278. The van der Waals surface area contributed by atoms with Gasteiger partial charge in [-0.05, 0) is 29.3 Å². The molecule has 0 unspecified atom stereocenters. The van der Waals surface area contributed by atoms with Gasteiger partial charge in [0.25, 0.3) is 0 Å². The van der Waals surface area contributed by atoms with Gasteiger partial charge < -0.3 is 9.47 Å². The zero-order valence-electron chi connectivity index (χ0n) is 13.5. The van der Waals surface area contributed by atoms with E-state index >= 15 is 0 Å². The number of hydrogen-bond acceptors (Lipinski definition) is 4. The van der Waals surface area contributed by atoms with Crippen molar-refractivity contribution in [3.05, 3.63) is 70.8 Å². The van der Waals surface area contributed by atoms with Gasteiger partial charge in [-0.15, -0.1) is 0 Å². The van der Waals surface area contributed by atoms with Gasteiger partial charge in [-0.3, -0.25) is 5.32 Å². The third-order valence-corrected chi connectivity index (χ3v) is 3.57. The number of hydrogen-bond donors (Lipinski definition) is 1. The molecule has 1 N–H and O–H groups in total. The van der Waals surface area contributed by atoms with E-state index in [-0.39, 0.29) is 19.0 Å². The molecule has 0 radical (unpaired) electrons. The quantitative estimate of drug-likeness (QED) is 0.790. The lowest BCUT2D eigenvalue weighted by Crippen LogP contribution is -2.29. The average molecular weight is 335 g/mol. The Labute approximate surface area is 139 Å². The van der Waals surface area contributed by atoms with Gasteiger partial charge in [0.05, 0.1) is 13.7 Å². The molecule has 4 nitrogen and oxygen atoms in total. The minimum atomic E-state index is -0.766. The van der Waals surface area contributed by atoms with Gasteiger partial charge in [0.1, 0.15) is 17.7 Å². The van der Waals surface area contributed by atoms with E-state index in [2.05, 4.69) is 5.32 Å². The summed E-state index contributed by atoms with van der Waals surface area (Å²) < 4.78 is 36.6. The van der Waals surface area contributed by atoms with Gasteiger partial charge in [-0.1, -0.05) is 24.3 Å². The fourth-order valence-electron chi connectivity index (χ4n) is 2.30. The van der Waals surface area contributed by atoms with Crippen molar-refractivity contribution in [3.63, 3.8) is 0 Å². The van der Waals surface area contributed by atoms with Crippen molar-refractivity contribution in [2.75, 3.05) is 14.2 Å². The summed E-state index contributed by atoms with van der Waals surface area (Å²) in [5.41, 5.74) is 1.70. The number of benzene rings is 2. The summed E-state index contributed by atoms with van der Waals surface area (Å²) in [6.07, 6.45) is 0. The van der Waals surface area contributed by atoms with E-state index in [4.69, 9.17) is 9.47 Å². The molecule has 0 aliphatic heterocycles. The number of esters is 1. The standard InChI is InChI=1S/C18H19F2NO3/c1-23-11-14-4-3-12(9-16(14)20)10-21-17(18(22)24-2)13-5-7-15(19)8-6-13/h3-9,17,21H,10-11H2,1-2H3/t17-/m0/s1. The summed E-state index contributed by atoms with van der Waals surface area (Å²) in [4.78, 5) is 12.0. The molecule has 0 fully saturated rings. The highest BCUT2D eigenvalue weighted by atomic mass is 19.1. The van der Waals surface area contributed by atoms with Crippen LogP contribution in [0, 0.1) is 11.6 Å². The molecule has 6 heteroatoms. The lowest BCUT2D eigenvalue weighted by molar-refractivity contribution is -0.143. The SMILES string of the molecule is COCc1ccc(CN[C@H](C(=O)OC)c2ccc(F)cc2)cc1F. The van der Waals surface area contributed by atoms with Gasteiger partial charge in [0.2, 0.25) is 0 Å². The minimum Gasteiger partial charge on any atom is -0.468 e. The molecule has 24 heavy (non-hydrogen) atoms. The molecule has 0 saturated heterocycles. The molecule has 0 bridgehead atoms. The molecule has 2 aromatic rings. The molecule has 0 aliphatic rings. The van der Waals surface area contributed by atoms with E-state index in [1.54, 1.807) is 12.1 Å². The summed E-state index contributed by atoms with van der Waals surface area (Å²) in [5.74, 6) is -1.26. The maximum absolute atomic E-state index is 13.9. The lowest BCUT2D eigenvalue weighted by atomic mass is 10.1. The summed E-state index contributed by atoms with van der Waals surface area (Å²) in [6, 6.07) is 9.57. The summed E-state index contributed by atoms with van der Waals surface area (Å²) >= 11 is 0. The average Bonchev–Trinajstić information content (AvgIpc) is 2.58. The first-order chi connectivity index (χ1) is 11.5. The molecular formula is C18H19F2NO3. The number of nitrogens with one attached hydrogen (secondary N) is 1. The van der Waals surface area contributed by atoms with Crippen molar-refractivity contribution in [2.45, 2.75) is 19.2 Å². The van der Waals surface area contributed by atoms with Crippen LogP contribution in [0.1, 0.15) is 22.7 Å². The predicted octanol–water partition coefficient (Wildman–Crippen LogP) is 3.12. The number of carbonyl (C=O) groups is 1. The third kappa shape index (κ3) is 4.59. The fourth-order valence-corrected chi connectivity index (χ4v) is 2.30. The van der Waals surface area contributed by atoms with Crippen LogP contribution in [-0.4, -0.2) is 20.2 Å². The van der Waals surface area contributed by atoms with Gasteiger partial charge >= 0.3 is 5.97 Å². The zero-order valence-corrected chi connectivity index (χ0v) is 13.5. The van der Waals surface area contributed by atoms with Crippen molar-refractivity contribution in [2.24, 2.45) is 0 Å². The molecule has 128 valence electrons. The maximum Gasteiger partial charge on any atom is 0.327 e. The first-order valence-corrected chi connectivity index (χ1v) is 7.38. The van der Waals surface area contributed by atoms with Crippen molar-refractivity contribution in [1.82, 2.24) is 5.32 Å². The van der Waals surface area contributed by atoms with Crippen LogP contribution in [0.25, 0.3) is 0 Å². The highest BCUT2D eigenvalue weighted by molar-refractivity contribution is 5.77. The molecule has 0 spiro atoms. The second-order valence-electron chi connectivity index (χ2n) is 5.25. The molecule has 2 aromatic carbocycles. The second-order valence-corrected chi connectivity index (χ2v) is 5.25. The Balaban J connectivity index is 2.12. The van der Waals surface area contributed by atoms with E-state index in [1.807, 2.05) is 0 Å². The van der Waals surface area contributed by atoms with E-state index in [1.165, 1.54) is 44.6 Å². The number of methoxy groups -OCH3 is 2. The molecular weight excluding hydrogens is 316 g/mol. The van der Waals surface area contributed by atoms with Crippen LogP contribution >= 0.6 is 0 Å². The monoisotopic (exact) mass is 335 g/mol. The van der Waals surface area contributed by atoms with Crippen molar-refractivity contribution in [3.8, 4) is 0 Å². The lowest BCUT2D eigenvalue weighted by Gasteiger charge is -2.17. The Morgan fingerprint density at radius 1 is 1.12 bits per heavy atom. The van der Waals surface area contributed by atoms with Crippen LogP contribution in [0.15, 0.2) is 42.5 Å². The topological polar surface area (TPSA) is 47.6 Å². The Morgan fingerprint density at radius 2 is 1.83 bits per heavy atom. The number of carbonyl (C=O) groups excluding carboxylic acids is 1. The summed E-state index contributed by atoms with van der Waals surface area (Å²) in [7, 11) is 2.78. The van der Waals surface area contributed by atoms with Crippen LogP contribution in [-0.2, 0) is 27.4 Å². The van der Waals surface area contributed by atoms with Crippen LogP contribution in [0.3, 0.4) is 0 Å². The molecule has 0 aromatic heterocycles. The smallest absolute Gasteiger partial charge is 0.327 e. The van der Waals surface area contributed by atoms with E-state index in [0.29, 0.717) is 16.7 Å². The Morgan fingerprint density at radius 3 is 2.42 bits per heavy atom. The van der Waals surface area contributed by atoms with Crippen molar-refractivity contribution >= 4 is 5.97 Å². The van der Waals surface area contributed by atoms with E-state index in [9.17, 15) is 13.6 Å². The third-order valence-electron chi connectivity index (χ3n) is 3.57. The summed E-state index contributed by atoms with van der Waals surface area (Å²) in [6.45, 7) is 0.446. The second kappa shape index (κ2) is 8.52. The van der Waals surface area contributed by atoms with Gasteiger partial charge in [0, 0.05) is 19.2 Å². The van der Waals surface area contributed by atoms with Gasteiger partial charge in [-0.2, -0.15) is 0 Å². The van der Waals surface area contributed by atoms with E-state index < -0.39 is 17.8 Å². The Kier molecular flexibility index (Phi) is 6.40. The number of rotatable bonds is 7. The molecule has 2 rings (SSSR count). The molecule has 1 atom stereocenters. The number of ether oxygens (including phenoxy) is 2. The first-order valence-electron chi connectivity index (χ1n) is 7.38. The highest BCUT2D eigenvalue weighted by Gasteiger charge is 2.21. The predicted molar refractivity (Wildman–Crippen MR) is 85.1 cm³/mol. The minimum absolute atomic E-state index is 0.194. The molecule has 0 aliphatic carbocycles. The Hall–Kier alpha value is -2.31. The normalized spacial score (nSPS) is 12.0. The molecule has 0 saturated carbocycles. The van der Waals surface area contributed by atoms with Crippen LogP contribution in [0.4, 0.5) is 8.78 Å². The number of halogens is 2. The first kappa shape index (κ1) is 18.0. The van der Waals surface area contributed by atoms with Crippen molar-refractivity contribution < 1.29 is 23.0 Å². The van der Waals surface area contributed by atoms with Gasteiger partial charge in [0.15, 0.2) is 0 Å². The summed E-state index contributed by atoms with van der Waals surface area (Å²) in [5, 5.41) is 3.01. The van der Waals surface area contributed by atoms with E-state index in [0.717, 1.165) is 0 Å². The van der Waals surface area contributed by atoms with Crippen molar-refractivity contribution in [1.29, 1.82) is 0 Å². The Bertz CT molecular complexity index is 689. The van der Waals surface area contributed by atoms with Crippen LogP contribution in [0.5, 0.6) is 0 Å². The van der Waals surface area contributed by atoms with Crippen LogP contribution in [0.2, 0.25) is 0 Å². The zero-order chi connectivity index (χ0) is 17.5. The van der Waals surface area contributed by atoms with Crippen LogP contribution < -0.4 is 5.32 Å². The maximum atomic E-state index is 13.9. The van der Waals surface area contributed by atoms with Gasteiger partial charge in [-0.25, -0.2) is 13.6 Å². The largest absolute Gasteiger partial charge is 0.468 e. The molecule has 0 amide bonds. The highest BCUT2D eigenvalue weighted by Crippen LogP contribution is 2.17. The molecule has 0 heterocycles.